The van der Waals surface area contributed by atoms with Crippen LogP contribution in [0.4, 0.5) is 0 Å². The number of fused-ring (bicyclic) bond motifs is 6. The van der Waals surface area contributed by atoms with E-state index in [0.717, 1.165) is 5.06 Å². The quantitative estimate of drug-likeness (QED) is 0.408. The SMILES string of the molecule is CC1(C)CC(NC(=O)c2ccc3c(c2)C2(OC3=O)c3ccc(O)cc3Oc3cc(O)ccc32)CC(C)(C)N1[O]. The van der Waals surface area contributed by atoms with Crippen LogP contribution in [0.3, 0.4) is 0 Å². The van der Waals surface area contributed by atoms with E-state index in [0.29, 0.717) is 40.7 Å². The summed E-state index contributed by atoms with van der Waals surface area (Å²) in [5, 5.41) is 37.2. The molecule has 1 saturated heterocycles. The summed E-state index contributed by atoms with van der Waals surface area (Å²) in [5.74, 6) is -0.453. The molecule has 1 radical (unpaired) electrons. The number of aromatic hydroxyl groups is 2. The maximum absolute atomic E-state index is 13.5. The van der Waals surface area contributed by atoms with Gasteiger partial charge in [0.2, 0.25) is 0 Å². The fourth-order valence-corrected chi connectivity index (χ4v) is 6.47. The highest BCUT2D eigenvalue weighted by molar-refractivity contribution is 6.00. The van der Waals surface area contributed by atoms with E-state index >= 15 is 0 Å². The fourth-order valence-electron chi connectivity index (χ4n) is 6.47. The number of hydrogen-bond acceptors (Lipinski definition) is 7. The number of benzene rings is 3. The third-order valence-corrected chi connectivity index (χ3v) is 7.96. The van der Waals surface area contributed by atoms with E-state index in [-0.39, 0.29) is 34.9 Å². The smallest absolute Gasteiger partial charge is 0.340 e. The lowest BCUT2D eigenvalue weighted by atomic mass is 9.77. The molecule has 1 amide bonds. The molecule has 1 spiro atoms. The molecular formula is C30H29N2O7. The van der Waals surface area contributed by atoms with E-state index in [1.165, 1.54) is 24.3 Å². The maximum atomic E-state index is 13.5. The first-order valence-corrected chi connectivity index (χ1v) is 12.8. The number of rotatable bonds is 2. The molecule has 0 bridgehead atoms. The number of carbonyl (C=O) groups excluding carboxylic acids is 2. The number of ether oxygens (including phenoxy) is 2. The minimum absolute atomic E-state index is 0.0415. The Morgan fingerprint density at radius 3 is 2.00 bits per heavy atom. The topological polar surface area (TPSA) is 128 Å². The van der Waals surface area contributed by atoms with Crippen molar-refractivity contribution in [2.24, 2.45) is 0 Å². The van der Waals surface area contributed by atoms with Crippen molar-refractivity contribution in [3.05, 3.63) is 82.4 Å². The van der Waals surface area contributed by atoms with Crippen LogP contribution in [0.5, 0.6) is 23.0 Å². The number of nitrogens with zero attached hydrogens (tertiary/aromatic N) is 1. The van der Waals surface area contributed by atoms with Gasteiger partial charge < -0.3 is 25.0 Å². The van der Waals surface area contributed by atoms with Crippen molar-refractivity contribution < 1.29 is 34.5 Å². The van der Waals surface area contributed by atoms with Crippen molar-refractivity contribution in [3.8, 4) is 23.0 Å². The van der Waals surface area contributed by atoms with Gasteiger partial charge in [0.25, 0.3) is 5.91 Å². The molecule has 3 aliphatic rings. The van der Waals surface area contributed by atoms with Gasteiger partial charge in [-0.1, -0.05) is 0 Å². The Hall–Kier alpha value is -4.08. The van der Waals surface area contributed by atoms with Gasteiger partial charge in [-0.05, 0) is 83.0 Å². The Kier molecular flexibility index (Phi) is 5.31. The van der Waals surface area contributed by atoms with Gasteiger partial charge in [-0.15, -0.1) is 10.3 Å². The Morgan fingerprint density at radius 1 is 0.872 bits per heavy atom. The predicted molar refractivity (Wildman–Crippen MR) is 139 cm³/mol. The second-order valence-corrected chi connectivity index (χ2v) is 11.8. The molecule has 39 heavy (non-hydrogen) atoms. The fraction of sp³-hybridized carbons (Fsp3) is 0.333. The molecule has 201 valence electrons. The number of amides is 1. The average molecular weight is 530 g/mol. The zero-order valence-electron chi connectivity index (χ0n) is 22.1. The number of piperidine rings is 1. The molecule has 3 N–H and O–H groups in total. The standard InChI is InChI=1S/C30H29N2O7/c1-28(2)14-17(15-29(3,4)32(28)37)31-26(35)16-5-8-20-23(11-16)30(39-27(20)36)21-9-6-18(33)12-24(21)38-25-13-19(34)7-10-22(25)30/h5-13,17,33-34H,14-15H2,1-4H3,(H,31,35). The molecule has 9 nitrogen and oxygen atoms in total. The summed E-state index contributed by atoms with van der Waals surface area (Å²) in [6.07, 6.45) is 0.987. The summed E-state index contributed by atoms with van der Waals surface area (Å²) in [6.45, 7) is 7.49. The van der Waals surface area contributed by atoms with Gasteiger partial charge in [0.15, 0.2) is 5.60 Å². The van der Waals surface area contributed by atoms with E-state index in [9.17, 15) is 25.0 Å². The van der Waals surface area contributed by atoms with Gasteiger partial charge in [0, 0.05) is 51.5 Å². The molecule has 1 fully saturated rings. The van der Waals surface area contributed by atoms with Gasteiger partial charge in [-0.2, -0.15) is 0 Å². The summed E-state index contributed by atoms with van der Waals surface area (Å²) in [6, 6.07) is 13.6. The average Bonchev–Trinajstić information content (AvgIpc) is 3.14. The Labute approximate surface area is 225 Å². The third kappa shape index (κ3) is 3.76. The highest BCUT2D eigenvalue weighted by atomic mass is 16.6. The molecule has 0 aromatic heterocycles. The molecule has 0 saturated carbocycles. The number of hydroxylamine groups is 2. The summed E-state index contributed by atoms with van der Waals surface area (Å²) in [7, 11) is 0. The van der Waals surface area contributed by atoms with Crippen molar-refractivity contribution >= 4 is 11.9 Å². The highest BCUT2D eigenvalue weighted by Gasteiger charge is 2.54. The summed E-state index contributed by atoms with van der Waals surface area (Å²) >= 11 is 0. The lowest BCUT2D eigenvalue weighted by Crippen LogP contribution is -2.62. The number of phenolic OH excluding ortho intramolecular Hbond substituents is 2. The molecule has 3 aromatic rings. The monoisotopic (exact) mass is 529 g/mol. The van der Waals surface area contributed by atoms with E-state index in [1.807, 2.05) is 27.7 Å². The molecule has 6 rings (SSSR count). The minimum Gasteiger partial charge on any atom is -0.508 e. The van der Waals surface area contributed by atoms with Crippen LogP contribution < -0.4 is 10.1 Å². The van der Waals surface area contributed by atoms with Crippen LogP contribution >= 0.6 is 0 Å². The van der Waals surface area contributed by atoms with Gasteiger partial charge in [-0.3, -0.25) is 4.79 Å². The van der Waals surface area contributed by atoms with Gasteiger partial charge in [0.05, 0.1) is 5.56 Å². The Balaban J connectivity index is 1.44. The zero-order valence-corrected chi connectivity index (χ0v) is 22.1. The second kappa shape index (κ2) is 8.21. The van der Waals surface area contributed by atoms with Crippen LogP contribution in [0.25, 0.3) is 0 Å². The van der Waals surface area contributed by atoms with Gasteiger partial charge in [-0.25, -0.2) is 4.79 Å². The van der Waals surface area contributed by atoms with Crippen LogP contribution in [0.1, 0.15) is 77.9 Å². The largest absolute Gasteiger partial charge is 0.508 e. The second-order valence-electron chi connectivity index (χ2n) is 11.8. The van der Waals surface area contributed by atoms with Crippen LogP contribution in [-0.4, -0.2) is 44.3 Å². The van der Waals surface area contributed by atoms with Crippen molar-refractivity contribution in [1.29, 1.82) is 0 Å². The minimum atomic E-state index is -1.45. The molecule has 9 heteroatoms. The van der Waals surface area contributed by atoms with Crippen LogP contribution in [0.15, 0.2) is 54.6 Å². The lowest BCUT2D eigenvalue weighted by molar-refractivity contribution is -0.289. The lowest BCUT2D eigenvalue weighted by Gasteiger charge is -2.50. The van der Waals surface area contributed by atoms with Crippen molar-refractivity contribution in [1.82, 2.24) is 10.4 Å². The number of esters is 1. The molecule has 0 unspecified atom stereocenters. The predicted octanol–water partition coefficient (Wildman–Crippen LogP) is 4.76. The first kappa shape index (κ1) is 25.2. The summed E-state index contributed by atoms with van der Waals surface area (Å²) in [4.78, 5) is 26.7. The highest BCUT2D eigenvalue weighted by Crippen LogP contribution is 2.57. The molecule has 0 atom stereocenters. The van der Waals surface area contributed by atoms with Crippen LogP contribution in [0, 0.1) is 0 Å². The van der Waals surface area contributed by atoms with E-state index in [1.54, 1.807) is 30.3 Å². The number of hydrogen-bond donors (Lipinski definition) is 3. The third-order valence-electron chi connectivity index (χ3n) is 7.96. The molecule has 3 aromatic carbocycles. The van der Waals surface area contributed by atoms with Crippen molar-refractivity contribution in [2.45, 2.75) is 63.3 Å². The summed E-state index contributed by atoms with van der Waals surface area (Å²) < 4.78 is 12.1. The van der Waals surface area contributed by atoms with Crippen molar-refractivity contribution in [2.75, 3.05) is 0 Å². The normalized spacial score (nSPS) is 20.4. The molecular weight excluding hydrogens is 500 g/mol. The van der Waals surface area contributed by atoms with Crippen LogP contribution in [-0.2, 0) is 15.5 Å². The summed E-state index contributed by atoms with van der Waals surface area (Å²) in [5.41, 5.74) is -0.692. The molecule has 0 aliphatic carbocycles. The van der Waals surface area contributed by atoms with E-state index in [4.69, 9.17) is 9.47 Å². The Morgan fingerprint density at radius 2 is 1.44 bits per heavy atom. The van der Waals surface area contributed by atoms with E-state index in [2.05, 4.69) is 5.32 Å². The van der Waals surface area contributed by atoms with Gasteiger partial charge in [0.1, 0.15) is 23.0 Å². The zero-order chi connectivity index (χ0) is 27.9. The first-order valence-electron chi connectivity index (χ1n) is 12.8. The van der Waals surface area contributed by atoms with Crippen molar-refractivity contribution in [3.63, 3.8) is 0 Å². The van der Waals surface area contributed by atoms with Gasteiger partial charge >= 0.3 is 5.97 Å². The molecule has 3 heterocycles. The van der Waals surface area contributed by atoms with Crippen LogP contribution in [0.2, 0.25) is 0 Å². The first-order chi connectivity index (χ1) is 18.3. The van der Waals surface area contributed by atoms with E-state index < -0.39 is 22.6 Å². The number of phenols is 2. The number of carbonyl (C=O) groups is 2. The number of nitrogens with one attached hydrogen (secondary N) is 1. The molecule has 3 aliphatic heterocycles. The Bertz CT molecular complexity index is 1470. The maximum Gasteiger partial charge on any atom is 0.340 e.